The molecule has 4 aromatic rings. The number of pyridine rings is 1. The monoisotopic (exact) mass is 464 g/mol. The highest BCUT2D eigenvalue weighted by atomic mass is 16.6. The van der Waals surface area contributed by atoms with Crippen molar-refractivity contribution in [1.29, 1.82) is 0 Å². The van der Waals surface area contributed by atoms with Gasteiger partial charge in [0.2, 0.25) is 0 Å². The number of hydrogen-bond donors (Lipinski definition) is 0. The van der Waals surface area contributed by atoms with Crippen LogP contribution in [0.1, 0.15) is 22.3 Å². The predicted octanol–water partition coefficient (Wildman–Crippen LogP) is 6.21. The summed E-state index contributed by atoms with van der Waals surface area (Å²) in [5.74, 6) is 1.67. The van der Waals surface area contributed by atoms with E-state index < -0.39 is 0 Å². The van der Waals surface area contributed by atoms with E-state index >= 15 is 0 Å². The summed E-state index contributed by atoms with van der Waals surface area (Å²) in [5, 5.41) is 11.6. The number of aryl methyl sites for hydroxylation is 2. The normalized spacial score (nSPS) is 13.2. The molecule has 0 unspecified atom stereocenters. The Morgan fingerprint density at radius 2 is 1.34 bits per heavy atom. The van der Waals surface area contributed by atoms with Crippen LogP contribution in [-0.4, -0.2) is 24.1 Å². The molecule has 0 aliphatic heterocycles. The van der Waals surface area contributed by atoms with E-state index in [2.05, 4.69) is 24.3 Å². The molecule has 6 heteroatoms. The molecule has 0 N–H and O–H groups in total. The summed E-state index contributed by atoms with van der Waals surface area (Å²) >= 11 is 0. The summed E-state index contributed by atoms with van der Waals surface area (Å²) in [6, 6.07) is 19.3. The van der Waals surface area contributed by atoms with Gasteiger partial charge in [0, 0.05) is 23.3 Å². The van der Waals surface area contributed by atoms with E-state index in [9.17, 15) is 10.1 Å². The number of benzene rings is 3. The fourth-order valence-corrected chi connectivity index (χ4v) is 5.51. The van der Waals surface area contributed by atoms with Gasteiger partial charge in [-0.05, 0) is 95.5 Å². The van der Waals surface area contributed by atoms with Crippen molar-refractivity contribution in [3.63, 3.8) is 0 Å². The van der Waals surface area contributed by atoms with Crippen molar-refractivity contribution in [2.24, 2.45) is 0 Å². The molecule has 6 rings (SSSR count). The lowest BCUT2D eigenvalue weighted by Gasteiger charge is -2.29. The van der Waals surface area contributed by atoms with E-state index in [0.717, 1.165) is 70.8 Å². The molecular weight excluding hydrogens is 440 g/mol. The fourth-order valence-electron chi connectivity index (χ4n) is 5.51. The molecular formula is C29H24N2O4. The molecule has 35 heavy (non-hydrogen) atoms. The summed E-state index contributed by atoms with van der Waals surface area (Å²) in [7, 11) is 3.36. The van der Waals surface area contributed by atoms with Gasteiger partial charge in [0.05, 0.1) is 30.5 Å². The standard InChI is InChI=1S/C29H24N2O4/c1-34-21-8-12-23-17(15-21)6-10-25-27(19-4-3-5-20(14-19)31(32)33)26-11-7-18-16-22(35-2)9-13-24(18)29(26)30-28(23)25/h3-5,8-9,12-16H,6-7,10-11H2,1-2H3. The molecule has 0 atom stereocenters. The third kappa shape index (κ3) is 3.44. The average molecular weight is 465 g/mol. The fraction of sp³-hybridized carbons (Fsp3) is 0.207. The maximum absolute atomic E-state index is 11.6. The summed E-state index contributed by atoms with van der Waals surface area (Å²) in [4.78, 5) is 16.5. The Morgan fingerprint density at radius 3 is 1.86 bits per heavy atom. The number of nitro groups is 1. The van der Waals surface area contributed by atoms with Crippen LogP contribution in [0.2, 0.25) is 0 Å². The first kappa shape index (κ1) is 21.4. The number of non-ortho nitro benzene ring substituents is 1. The largest absolute Gasteiger partial charge is 0.497 e. The highest BCUT2D eigenvalue weighted by Crippen LogP contribution is 2.46. The number of rotatable bonds is 4. The van der Waals surface area contributed by atoms with E-state index in [-0.39, 0.29) is 10.6 Å². The Kier molecular flexibility index (Phi) is 5.02. The van der Waals surface area contributed by atoms with Gasteiger partial charge in [0.15, 0.2) is 0 Å². The van der Waals surface area contributed by atoms with Crippen molar-refractivity contribution in [3.8, 4) is 45.1 Å². The van der Waals surface area contributed by atoms with Crippen LogP contribution in [0.5, 0.6) is 11.5 Å². The van der Waals surface area contributed by atoms with Crippen molar-refractivity contribution in [3.05, 3.63) is 93.0 Å². The molecule has 2 aliphatic rings. The second kappa shape index (κ2) is 8.24. The second-order valence-electron chi connectivity index (χ2n) is 8.99. The lowest BCUT2D eigenvalue weighted by molar-refractivity contribution is -0.384. The maximum Gasteiger partial charge on any atom is 0.270 e. The van der Waals surface area contributed by atoms with Crippen LogP contribution in [0.25, 0.3) is 33.6 Å². The molecule has 2 aliphatic carbocycles. The SMILES string of the molecule is COc1ccc2c(c1)CCc1c-2nc2c(c1-c1cccc([N+](=O)[O-])c1)CCc1cc(OC)ccc1-2. The minimum absolute atomic E-state index is 0.101. The topological polar surface area (TPSA) is 74.5 Å². The van der Waals surface area contributed by atoms with E-state index in [4.69, 9.17) is 14.5 Å². The summed E-state index contributed by atoms with van der Waals surface area (Å²) in [6.45, 7) is 0. The number of fused-ring (bicyclic) bond motifs is 6. The lowest BCUT2D eigenvalue weighted by atomic mass is 9.78. The molecule has 0 amide bonds. The quantitative estimate of drug-likeness (QED) is 0.265. The first-order valence-corrected chi connectivity index (χ1v) is 11.7. The third-order valence-corrected chi connectivity index (χ3v) is 7.17. The Hall–Kier alpha value is -4.19. The molecule has 1 heterocycles. The van der Waals surface area contributed by atoms with Gasteiger partial charge in [-0.3, -0.25) is 10.1 Å². The van der Waals surface area contributed by atoms with Gasteiger partial charge < -0.3 is 9.47 Å². The molecule has 0 fully saturated rings. The van der Waals surface area contributed by atoms with Crippen molar-refractivity contribution in [2.45, 2.75) is 25.7 Å². The number of aromatic nitrogens is 1. The summed E-state index contributed by atoms with van der Waals surface area (Å²) in [6.07, 6.45) is 3.39. The van der Waals surface area contributed by atoms with Crippen molar-refractivity contribution in [1.82, 2.24) is 4.98 Å². The van der Waals surface area contributed by atoms with Crippen LogP contribution in [0.4, 0.5) is 5.69 Å². The summed E-state index contributed by atoms with van der Waals surface area (Å²) in [5.41, 5.74) is 10.9. The molecule has 174 valence electrons. The van der Waals surface area contributed by atoms with E-state index in [1.165, 1.54) is 22.3 Å². The Labute approximate surface area is 203 Å². The van der Waals surface area contributed by atoms with Crippen LogP contribution in [-0.2, 0) is 25.7 Å². The lowest BCUT2D eigenvalue weighted by Crippen LogP contribution is -2.15. The average Bonchev–Trinajstić information content (AvgIpc) is 2.90. The molecule has 0 saturated carbocycles. The summed E-state index contributed by atoms with van der Waals surface area (Å²) < 4.78 is 10.9. The van der Waals surface area contributed by atoms with Gasteiger partial charge in [-0.1, -0.05) is 12.1 Å². The van der Waals surface area contributed by atoms with Gasteiger partial charge in [0.25, 0.3) is 5.69 Å². The van der Waals surface area contributed by atoms with Crippen LogP contribution < -0.4 is 9.47 Å². The maximum atomic E-state index is 11.6. The molecule has 0 spiro atoms. The molecule has 0 radical (unpaired) electrons. The van der Waals surface area contributed by atoms with Crippen LogP contribution in [0.3, 0.4) is 0 Å². The molecule has 1 aromatic heterocycles. The second-order valence-corrected chi connectivity index (χ2v) is 8.99. The number of nitro benzene ring substituents is 1. The third-order valence-electron chi connectivity index (χ3n) is 7.17. The van der Waals surface area contributed by atoms with Gasteiger partial charge in [0.1, 0.15) is 11.5 Å². The minimum Gasteiger partial charge on any atom is -0.497 e. The Morgan fingerprint density at radius 1 is 0.771 bits per heavy atom. The molecule has 6 nitrogen and oxygen atoms in total. The van der Waals surface area contributed by atoms with Crippen molar-refractivity contribution >= 4 is 5.69 Å². The zero-order valence-corrected chi connectivity index (χ0v) is 19.6. The first-order chi connectivity index (χ1) is 17.1. The first-order valence-electron chi connectivity index (χ1n) is 11.7. The van der Waals surface area contributed by atoms with Gasteiger partial charge in [-0.15, -0.1) is 0 Å². The Balaban J connectivity index is 1.66. The number of ether oxygens (including phenoxy) is 2. The van der Waals surface area contributed by atoms with Crippen molar-refractivity contribution < 1.29 is 14.4 Å². The van der Waals surface area contributed by atoms with Gasteiger partial charge in [-0.2, -0.15) is 0 Å². The minimum atomic E-state index is -0.327. The highest BCUT2D eigenvalue weighted by Gasteiger charge is 2.29. The highest BCUT2D eigenvalue weighted by molar-refractivity contribution is 5.88. The molecule has 3 aromatic carbocycles. The van der Waals surface area contributed by atoms with Gasteiger partial charge >= 0.3 is 0 Å². The van der Waals surface area contributed by atoms with Crippen molar-refractivity contribution in [2.75, 3.05) is 14.2 Å². The van der Waals surface area contributed by atoms with Crippen LogP contribution in [0, 0.1) is 10.1 Å². The van der Waals surface area contributed by atoms with E-state index in [1.807, 2.05) is 18.2 Å². The number of nitrogens with zero attached hydrogens (tertiary/aromatic N) is 2. The van der Waals surface area contributed by atoms with E-state index in [0.29, 0.717) is 0 Å². The predicted molar refractivity (Wildman–Crippen MR) is 135 cm³/mol. The van der Waals surface area contributed by atoms with Gasteiger partial charge in [-0.25, -0.2) is 4.98 Å². The van der Waals surface area contributed by atoms with E-state index in [1.54, 1.807) is 32.4 Å². The van der Waals surface area contributed by atoms with Crippen LogP contribution >= 0.6 is 0 Å². The Bertz CT molecular complexity index is 1430. The zero-order valence-electron chi connectivity index (χ0n) is 19.6. The number of hydrogen-bond acceptors (Lipinski definition) is 5. The van der Waals surface area contributed by atoms with Crippen LogP contribution in [0.15, 0.2) is 60.7 Å². The number of methoxy groups -OCH3 is 2. The zero-order chi connectivity index (χ0) is 24.1. The smallest absolute Gasteiger partial charge is 0.270 e. The molecule has 0 saturated heterocycles. The molecule has 0 bridgehead atoms.